The normalized spacial score (nSPS) is 22.6. The van der Waals surface area contributed by atoms with Crippen LogP contribution in [0.1, 0.15) is 29.2 Å². The first kappa shape index (κ1) is 15.8. The molecule has 0 amide bonds. The van der Waals surface area contributed by atoms with Gasteiger partial charge in [0.05, 0.1) is 5.41 Å². The number of alkyl halides is 1. The summed E-state index contributed by atoms with van der Waals surface area (Å²) in [6.07, 6.45) is 7.37. The molecule has 0 N–H and O–H groups in total. The summed E-state index contributed by atoms with van der Waals surface area (Å²) in [6.45, 7) is 1.61. The summed E-state index contributed by atoms with van der Waals surface area (Å²) in [5, 5.41) is 0. The highest BCUT2D eigenvalue weighted by atomic mass is 19.1. The van der Waals surface area contributed by atoms with Crippen LogP contribution >= 0.6 is 0 Å². The highest BCUT2D eigenvalue weighted by molar-refractivity contribution is 5.98. The summed E-state index contributed by atoms with van der Waals surface area (Å²) in [5.41, 5.74) is 8.06. The zero-order valence-electron chi connectivity index (χ0n) is 15.6. The number of fused-ring (bicyclic) bond motifs is 9. The molecule has 3 aliphatic carbocycles. The van der Waals surface area contributed by atoms with Crippen molar-refractivity contribution in [2.24, 2.45) is 0 Å². The lowest BCUT2D eigenvalue weighted by Crippen LogP contribution is -2.26. The molecule has 134 valence electrons. The Morgan fingerprint density at radius 2 is 1.07 bits per heavy atom. The first-order chi connectivity index (χ1) is 13.6. The van der Waals surface area contributed by atoms with E-state index in [1.807, 2.05) is 12.2 Å². The molecule has 0 saturated heterocycles. The maximum absolute atomic E-state index is 14.9. The Labute approximate surface area is 164 Å². The van der Waals surface area contributed by atoms with Crippen molar-refractivity contribution in [3.05, 3.63) is 125 Å². The van der Waals surface area contributed by atoms with Gasteiger partial charge in [-0.05, 0) is 63.6 Å². The second-order valence-corrected chi connectivity index (χ2v) is 8.03. The fourth-order valence-corrected chi connectivity index (χ4v) is 5.30. The molecule has 0 nitrogen and oxygen atoms in total. The average Bonchev–Trinajstić information content (AvgIpc) is 3.11. The van der Waals surface area contributed by atoms with Crippen LogP contribution in [0.3, 0.4) is 0 Å². The summed E-state index contributed by atoms with van der Waals surface area (Å²) < 4.78 is 14.9. The summed E-state index contributed by atoms with van der Waals surface area (Å²) in [5.74, 6) is 0. The minimum atomic E-state index is -1.45. The molecule has 0 fully saturated rings. The van der Waals surface area contributed by atoms with E-state index in [0.29, 0.717) is 0 Å². The molecule has 0 heterocycles. The zero-order chi connectivity index (χ0) is 18.9. The van der Waals surface area contributed by atoms with Crippen LogP contribution in [0.5, 0.6) is 0 Å². The van der Waals surface area contributed by atoms with Gasteiger partial charge in [-0.25, -0.2) is 4.39 Å². The van der Waals surface area contributed by atoms with Crippen molar-refractivity contribution < 1.29 is 4.39 Å². The predicted octanol–water partition coefficient (Wildman–Crippen LogP) is 6.62. The van der Waals surface area contributed by atoms with E-state index in [-0.39, 0.29) is 5.41 Å². The van der Waals surface area contributed by atoms with Crippen LogP contribution in [0.2, 0.25) is 0 Å². The largest absolute Gasteiger partial charge is 0.235 e. The molecule has 6 rings (SSSR count). The summed E-state index contributed by atoms with van der Waals surface area (Å²) in [7, 11) is 0. The van der Waals surface area contributed by atoms with Gasteiger partial charge >= 0.3 is 0 Å². The van der Waals surface area contributed by atoms with Crippen molar-refractivity contribution in [1.82, 2.24) is 0 Å². The van der Waals surface area contributed by atoms with E-state index in [1.165, 1.54) is 39.0 Å². The molecule has 28 heavy (non-hydrogen) atoms. The van der Waals surface area contributed by atoms with Crippen LogP contribution in [0.25, 0.3) is 16.7 Å². The van der Waals surface area contributed by atoms with E-state index >= 15 is 0 Å². The fourth-order valence-electron chi connectivity index (χ4n) is 5.30. The topological polar surface area (TPSA) is 0 Å². The Morgan fingerprint density at radius 1 is 0.607 bits per heavy atom. The molecule has 3 aromatic rings. The van der Waals surface area contributed by atoms with Gasteiger partial charge in [0.2, 0.25) is 0 Å². The standard InChI is InChI=1S/C27H19F/c1-26(28)16-14-21-20-10-4-7-13-24(20)27(25(21)15-17-26)22-11-5-2-8-18(22)19-9-3-6-12-23(19)27/h2-17H,1H3. The number of allylic oxidation sites excluding steroid dienone is 6. The molecule has 3 aliphatic rings. The number of hydrogen-bond donors (Lipinski definition) is 0. The number of benzene rings is 3. The quantitative estimate of drug-likeness (QED) is 0.421. The summed E-state index contributed by atoms with van der Waals surface area (Å²) in [4.78, 5) is 0. The molecule has 1 spiro atoms. The van der Waals surface area contributed by atoms with Crippen LogP contribution in [-0.4, -0.2) is 5.67 Å². The van der Waals surface area contributed by atoms with Crippen LogP contribution in [0.15, 0.2) is 103 Å². The third-order valence-corrected chi connectivity index (χ3v) is 6.42. The van der Waals surface area contributed by atoms with Crippen molar-refractivity contribution >= 4 is 5.57 Å². The molecule has 0 saturated carbocycles. The van der Waals surface area contributed by atoms with Crippen molar-refractivity contribution in [2.75, 3.05) is 0 Å². The molecule has 1 atom stereocenters. The van der Waals surface area contributed by atoms with Gasteiger partial charge in [-0.15, -0.1) is 0 Å². The smallest absolute Gasteiger partial charge is 0.145 e. The van der Waals surface area contributed by atoms with Gasteiger partial charge in [-0.1, -0.05) is 84.9 Å². The van der Waals surface area contributed by atoms with E-state index in [1.54, 1.807) is 19.1 Å². The minimum absolute atomic E-state index is 0.389. The van der Waals surface area contributed by atoms with Gasteiger partial charge in [-0.2, -0.15) is 0 Å². The lowest BCUT2D eigenvalue weighted by Gasteiger charge is -2.31. The molecule has 1 unspecified atom stereocenters. The van der Waals surface area contributed by atoms with Crippen molar-refractivity contribution in [1.29, 1.82) is 0 Å². The lowest BCUT2D eigenvalue weighted by atomic mass is 9.69. The minimum Gasteiger partial charge on any atom is -0.235 e. The van der Waals surface area contributed by atoms with E-state index in [2.05, 4.69) is 72.8 Å². The van der Waals surface area contributed by atoms with Crippen LogP contribution < -0.4 is 0 Å². The van der Waals surface area contributed by atoms with E-state index in [4.69, 9.17) is 0 Å². The van der Waals surface area contributed by atoms with E-state index in [0.717, 1.165) is 5.57 Å². The lowest BCUT2D eigenvalue weighted by molar-refractivity contribution is 0.328. The van der Waals surface area contributed by atoms with Crippen LogP contribution in [0, 0.1) is 0 Å². The molecule has 3 aromatic carbocycles. The maximum atomic E-state index is 14.9. The van der Waals surface area contributed by atoms with E-state index < -0.39 is 5.67 Å². The Morgan fingerprint density at radius 3 is 1.68 bits per heavy atom. The third kappa shape index (κ3) is 1.79. The second-order valence-electron chi connectivity index (χ2n) is 8.03. The van der Waals surface area contributed by atoms with E-state index in [9.17, 15) is 4.39 Å². The number of halogens is 1. The SMILES string of the molecule is CC1(F)C=CC2=C(C=C1)C1(c3ccccc32)c2ccccc2-c2ccccc21. The molecule has 1 heteroatoms. The predicted molar refractivity (Wildman–Crippen MR) is 113 cm³/mol. The van der Waals surface area contributed by atoms with Crippen molar-refractivity contribution in [3.63, 3.8) is 0 Å². The molecular formula is C27H19F. The van der Waals surface area contributed by atoms with Gasteiger partial charge in [0.1, 0.15) is 5.67 Å². The Bertz CT molecular complexity index is 1190. The third-order valence-electron chi connectivity index (χ3n) is 6.42. The van der Waals surface area contributed by atoms with Gasteiger partial charge in [-0.3, -0.25) is 0 Å². The Balaban J connectivity index is 1.81. The molecule has 0 radical (unpaired) electrons. The summed E-state index contributed by atoms with van der Waals surface area (Å²) >= 11 is 0. The molecular weight excluding hydrogens is 343 g/mol. The van der Waals surface area contributed by atoms with Gasteiger partial charge in [0.15, 0.2) is 0 Å². The van der Waals surface area contributed by atoms with Gasteiger partial charge < -0.3 is 0 Å². The number of hydrogen-bond acceptors (Lipinski definition) is 0. The summed E-state index contributed by atoms with van der Waals surface area (Å²) in [6, 6.07) is 25.9. The molecule has 0 aromatic heterocycles. The Hall–Kier alpha value is -3.19. The number of rotatable bonds is 0. The highest BCUT2D eigenvalue weighted by Gasteiger charge is 2.52. The highest BCUT2D eigenvalue weighted by Crippen LogP contribution is 2.62. The zero-order valence-corrected chi connectivity index (χ0v) is 15.6. The van der Waals surface area contributed by atoms with Gasteiger partial charge in [0, 0.05) is 0 Å². The first-order valence-electron chi connectivity index (χ1n) is 9.74. The van der Waals surface area contributed by atoms with Gasteiger partial charge in [0.25, 0.3) is 0 Å². The molecule has 0 bridgehead atoms. The van der Waals surface area contributed by atoms with Crippen LogP contribution in [-0.2, 0) is 5.41 Å². The van der Waals surface area contributed by atoms with Crippen LogP contribution in [0.4, 0.5) is 4.39 Å². The van der Waals surface area contributed by atoms with Crippen molar-refractivity contribution in [2.45, 2.75) is 18.0 Å². The monoisotopic (exact) mass is 362 g/mol. The maximum Gasteiger partial charge on any atom is 0.145 e. The fraction of sp³-hybridized carbons (Fsp3) is 0.111. The average molecular weight is 362 g/mol. The second kappa shape index (κ2) is 5.20. The van der Waals surface area contributed by atoms with Crippen molar-refractivity contribution in [3.8, 4) is 11.1 Å². The Kier molecular flexibility index (Phi) is 2.94. The molecule has 0 aliphatic heterocycles. The first-order valence-corrected chi connectivity index (χ1v) is 9.74.